The predicted octanol–water partition coefficient (Wildman–Crippen LogP) is 3.85. The van der Waals surface area contributed by atoms with Crippen molar-refractivity contribution in [2.75, 3.05) is 0 Å². The van der Waals surface area contributed by atoms with E-state index >= 15 is 0 Å². The van der Waals surface area contributed by atoms with Crippen LogP contribution in [0.1, 0.15) is 47.7 Å². The first-order chi connectivity index (χ1) is 12.1. The molecule has 0 unspecified atom stereocenters. The zero-order valence-electron chi connectivity index (χ0n) is 14.5. The number of amides is 1. The molecular formula is C20H22N2O3. The molecular weight excluding hydrogens is 316 g/mol. The number of carbonyl (C=O) groups excluding carboxylic acids is 2. The van der Waals surface area contributed by atoms with Crippen LogP contribution in [0.5, 0.6) is 5.75 Å². The molecule has 5 heteroatoms. The van der Waals surface area contributed by atoms with E-state index in [1.807, 2.05) is 26.0 Å². The Labute approximate surface area is 147 Å². The zero-order valence-corrected chi connectivity index (χ0v) is 14.5. The van der Waals surface area contributed by atoms with E-state index in [2.05, 4.69) is 10.5 Å². The number of hydrogen-bond acceptors (Lipinski definition) is 4. The van der Waals surface area contributed by atoms with Crippen molar-refractivity contribution in [1.29, 1.82) is 0 Å². The van der Waals surface area contributed by atoms with E-state index in [-0.39, 0.29) is 5.91 Å². The highest BCUT2D eigenvalue weighted by atomic mass is 16.5. The molecule has 0 spiro atoms. The van der Waals surface area contributed by atoms with E-state index < -0.39 is 5.97 Å². The molecule has 0 bridgehead atoms. The quantitative estimate of drug-likeness (QED) is 0.361. The second-order valence-electron chi connectivity index (χ2n) is 5.72. The van der Waals surface area contributed by atoms with Gasteiger partial charge in [-0.25, -0.2) is 10.2 Å². The Morgan fingerprint density at radius 1 is 1.08 bits per heavy atom. The van der Waals surface area contributed by atoms with Crippen molar-refractivity contribution >= 4 is 18.1 Å². The minimum atomic E-state index is -0.399. The fourth-order valence-electron chi connectivity index (χ4n) is 2.05. The molecule has 5 nitrogen and oxygen atoms in total. The van der Waals surface area contributed by atoms with Crippen LogP contribution >= 0.6 is 0 Å². The summed E-state index contributed by atoms with van der Waals surface area (Å²) in [6.45, 7) is 3.99. The van der Waals surface area contributed by atoms with E-state index in [0.717, 1.165) is 24.0 Å². The van der Waals surface area contributed by atoms with Gasteiger partial charge in [-0.2, -0.15) is 5.10 Å². The van der Waals surface area contributed by atoms with Crippen LogP contribution in [0.2, 0.25) is 0 Å². The van der Waals surface area contributed by atoms with Gasteiger partial charge in [-0.1, -0.05) is 31.0 Å². The summed E-state index contributed by atoms with van der Waals surface area (Å²) in [6.07, 6.45) is 3.85. The zero-order chi connectivity index (χ0) is 18.1. The van der Waals surface area contributed by atoms with Gasteiger partial charge in [0.2, 0.25) is 5.91 Å². The topological polar surface area (TPSA) is 67.8 Å². The Hall–Kier alpha value is -2.95. The number of carbonyl (C=O) groups is 2. The third-order valence-corrected chi connectivity index (χ3v) is 3.54. The number of nitrogens with zero attached hydrogens (tertiary/aromatic N) is 1. The lowest BCUT2D eigenvalue weighted by molar-refractivity contribution is -0.121. The van der Waals surface area contributed by atoms with E-state index in [1.165, 1.54) is 0 Å². The molecule has 0 aliphatic carbocycles. The summed E-state index contributed by atoms with van der Waals surface area (Å²) in [5, 5.41) is 3.91. The maximum atomic E-state index is 12.0. The number of ether oxygens (including phenoxy) is 1. The van der Waals surface area contributed by atoms with Crippen LogP contribution < -0.4 is 10.2 Å². The Morgan fingerprint density at radius 2 is 1.76 bits per heavy atom. The summed E-state index contributed by atoms with van der Waals surface area (Å²) in [5.74, 6) is -0.0407. The van der Waals surface area contributed by atoms with Crippen molar-refractivity contribution in [3.8, 4) is 5.75 Å². The lowest BCUT2D eigenvalue weighted by atomic mass is 10.1. The normalized spacial score (nSPS) is 10.6. The van der Waals surface area contributed by atoms with Crippen LogP contribution in [0.4, 0.5) is 0 Å². The highest BCUT2D eigenvalue weighted by Gasteiger charge is 2.07. The summed E-state index contributed by atoms with van der Waals surface area (Å²) in [7, 11) is 0. The third-order valence-electron chi connectivity index (χ3n) is 3.54. The van der Waals surface area contributed by atoms with Crippen molar-refractivity contribution in [3.63, 3.8) is 0 Å². The van der Waals surface area contributed by atoms with Gasteiger partial charge in [-0.05, 0) is 55.3 Å². The summed E-state index contributed by atoms with van der Waals surface area (Å²) >= 11 is 0. The van der Waals surface area contributed by atoms with Crippen LogP contribution in [0, 0.1) is 6.92 Å². The highest BCUT2D eigenvalue weighted by molar-refractivity contribution is 5.91. The van der Waals surface area contributed by atoms with Gasteiger partial charge in [0.05, 0.1) is 11.8 Å². The molecule has 0 aliphatic rings. The summed E-state index contributed by atoms with van der Waals surface area (Å²) in [4.78, 5) is 23.5. The van der Waals surface area contributed by atoms with Gasteiger partial charge in [0.1, 0.15) is 5.75 Å². The monoisotopic (exact) mass is 338 g/mol. The van der Waals surface area contributed by atoms with Crippen LogP contribution in [-0.4, -0.2) is 18.1 Å². The standard InChI is InChI=1S/C20H22N2O3/c1-3-4-5-19(23)22-21-14-16-8-12-18(13-9-16)25-20(24)17-10-6-15(2)7-11-17/h6-14H,3-5H2,1-2H3,(H,22,23)/b21-14-. The Morgan fingerprint density at radius 3 is 2.40 bits per heavy atom. The number of hydrazone groups is 1. The van der Waals surface area contributed by atoms with E-state index in [1.54, 1.807) is 42.6 Å². The fourth-order valence-corrected chi connectivity index (χ4v) is 2.05. The number of benzene rings is 2. The molecule has 2 aromatic rings. The van der Waals surface area contributed by atoms with Gasteiger partial charge in [0.15, 0.2) is 0 Å². The van der Waals surface area contributed by atoms with Gasteiger partial charge in [-0.15, -0.1) is 0 Å². The van der Waals surface area contributed by atoms with Crippen molar-refractivity contribution < 1.29 is 14.3 Å². The number of nitrogens with one attached hydrogen (secondary N) is 1. The molecule has 2 rings (SSSR count). The second-order valence-corrected chi connectivity index (χ2v) is 5.72. The SMILES string of the molecule is CCCCC(=O)N/N=C\c1ccc(OC(=O)c2ccc(C)cc2)cc1. The smallest absolute Gasteiger partial charge is 0.343 e. The lowest BCUT2D eigenvalue weighted by Gasteiger charge is -2.05. The number of unbranched alkanes of at least 4 members (excludes halogenated alkanes) is 1. The molecule has 2 aromatic carbocycles. The summed E-state index contributed by atoms with van der Waals surface area (Å²) < 4.78 is 5.33. The van der Waals surface area contributed by atoms with Gasteiger partial charge >= 0.3 is 5.97 Å². The maximum absolute atomic E-state index is 12.0. The van der Waals surface area contributed by atoms with Crippen molar-refractivity contribution in [2.45, 2.75) is 33.1 Å². The van der Waals surface area contributed by atoms with Gasteiger partial charge in [0.25, 0.3) is 0 Å². The second kappa shape index (κ2) is 9.37. The van der Waals surface area contributed by atoms with Crippen molar-refractivity contribution in [1.82, 2.24) is 5.43 Å². The van der Waals surface area contributed by atoms with Crippen LogP contribution in [0.3, 0.4) is 0 Å². The van der Waals surface area contributed by atoms with Crippen LogP contribution in [-0.2, 0) is 4.79 Å². The number of rotatable bonds is 7. The van der Waals surface area contributed by atoms with E-state index in [4.69, 9.17) is 4.74 Å². The average Bonchev–Trinajstić information content (AvgIpc) is 2.62. The van der Waals surface area contributed by atoms with Crippen molar-refractivity contribution in [2.24, 2.45) is 5.10 Å². The molecule has 1 N–H and O–H groups in total. The molecule has 0 aliphatic heterocycles. The Balaban J connectivity index is 1.88. The molecule has 0 saturated carbocycles. The number of aryl methyl sites for hydroxylation is 1. The molecule has 0 aromatic heterocycles. The van der Waals surface area contributed by atoms with Crippen LogP contribution in [0.25, 0.3) is 0 Å². The first-order valence-electron chi connectivity index (χ1n) is 8.29. The predicted molar refractivity (Wildman–Crippen MR) is 97.8 cm³/mol. The molecule has 0 saturated heterocycles. The maximum Gasteiger partial charge on any atom is 0.343 e. The summed E-state index contributed by atoms with van der Waals surface area (Å²) in [5.41, 5.74) is 4.87. The van der Waals surface area contributed by atoms with Crippen LogP contribution in [0.15, 0.2) is 53.6 Å². The minimum Gasteiger partial charge on any atom is -0.423 e. The number of esters is 1. The molecule has 0 radical (unpaired) electrons. The molecule has 130 valence electrons. The first kappa shape index (κ1) is 18.4. The fraction of sp³-hybridized carbons (Fsp3) is 0.250. The summed E-state index contributed by atoms with van der Waals surface area (Å²) in [6, 6.07) is 14.1. The average molecular weight is 338 g/mol. The molecule has 0 fully saturated rings. The van der Waals surface area contributed by atoms with Gasteiger partial charge < -0.3 is 4.74 Å². The third kappa shape index (κ3) is 6.22. The highest BCUT2D eigenvalue weighted by Crippen LogP contribution is 2.14. The largest absolute Gasteiger partial charge is 0.423 e. The van der Waals surface area contributed by atoms with E-state index in [0.29, 0.717) is 17.7 Å². The molecule has 1 amide bonds. The molecule has 0 atom stereocenters. The van der Waals surface area contributed by atoms with Crippen molar-refractivity contribution in [3.05, 3.63) is 65.2 Å². The minimum absolute atomic E-state index is 0.0956. The number of hydrogen-bond donors (Lipinski definition) is 1. The Bertz CT molecular complexity index is 735. The van der Waals surface area contributed by atoms with Gasteiger partial charge in [0, 0.05) is 6.42 Å². The van der Waals surface area contributed by atoms with E-state index in [9.17, 15) is 9.59 Å². The lowest BCUT2D eigenvalue weighted by Crippen LogP contribution is -2.16. The Kier molecular flexibility index (Phi) is 6.89. The first-order valence-corrected chi connectivity index (χ1v) is 8.29. The molecule has 25 heavy (non-hydrogen) atoms. The van der Waals surface area contributed by atoms with Gasteiger partial charge in [-0.3, -0.25) is 4.79 Å². The molecule has 0 heterocycles.